The third-order valence-corrected chi connectivity index (χ3v) is 4.64. The van der Waals surface area contributed by atoms with Crippen molar-refractivity contribution in [3.63, 3.8) is 0 Å². The number of carbonyl (C=O) groups excluding carboxylic acids is 2. The second-order valence-electron chi connectivity index (χ2n) is 6.14. The van der Waals surface area contributed by atoms with E-state index in [4.69, 9.17) is 0 Å². The molecule has 21 heavy (non-hydrogen) atoms. The number of aromatic nitrogens is 1. The van der Waals surface area contributed by atoms with Gasteiger partial charge >= 0.3 is 0 Å². The van der Waals surface area contributed by atoms with Gasteiger partial charge in [-0.1, -0.05) is 6.07 Å². The molecule has 0 saturated carbocycles. The Morgan fingerprint density at radius 1 is 1.43 bits per heavy atom. The molecule has 1 aromatic rings. The molecule has 112 valence electrons. The Bertz CT molecular complexity index is 546. The number of hydrogen-bond donors (Lipinski definition) is 0. The van der Waals surface area contributed by atoms with Crippen LogP contribution in [0.4, 0.5) is 0 Å². The fourth-order valence-electron chi connectivity index (χ4n) is 3.68. The molecule has 3 heterocycles. The van der Waals surface area contributed by atoms with Gasteiger partial charge in [-0.2, -0.15) is 0 Å². The van der Waals surface area contributed by atoms with Crippen molar-refractivity contribution in [3.05, 3.63) is 30.1 Å². The van der Waals surface area contributed by atoms with Gasteiger partial charge in [0.25, 0.3) is 0 Å². The first kappa shape index (κ1) is 14.0. The SMILES string of the molecule is CC(=O)N1CCCCC12CC(=O)N(Cc1cccnc1)C2. The van der Waals surface area contributed by atoms with Gasteiger partial charge in [-0.05, 0) is 30.9 Å². The molecule has 0 aromatic carbocycles. The number of rotatable bonds is 2. The van der Waals surface area contributed by atoms with Gasteiger partial charge in [0.05, 0.1) is 12.0 Å². The zero-order chi connectivity index (χ0) is 14.9. The highest BCUT2D eigenvalue weighted by Gasteiger charge is 2.49. The number of amides is 2. The van der Waals surface area contributed by atoms with Crippen molar-refractivity contribution in [2.24, 2.45) is 0 Å². The third-order valence-electron chi connectivity index (χ3n) is 4.64. The van der Waals surface area contributed by atoms with E-state index < -0.39 is 0 Å². The van der Waals surface area contributed by atoms with E-state index in [0.717, 1.165) is 31.4 Å². The molecule has 2 fully saturated rings. The number of pyridine rings is 1. The minimum Gasteiger partial charge on any atom is -0.336 e. The maximum absolute atomic E-state index is 12.4. The van der Waals surface area contributed by atoms with Gasteiger partial charge in [-0.15, -0.1) is 0 Å². The van der Waals surface area contributed by atoms with E-state index in [1.54, 1.807) is 19.3 Å². The molecule has 5 nitrogen and oxygen atoms in total. The van der Waals surface area contributed by atoms with Gasteiger partial charge in [0.2, 0.25) is 11.8 Å². The van der Waals surface area contributed by atoms with Gasteiger partial charge in [0, 0.05) is 39.0 Å². The van der Waals surface area contributed by atoms with Crippen molar-refractivity contribution >= 4 is 11.8 Å². The molecule has 2 aliphatic heterocycles. The molecule has 1 aromatic heterocycles. The number of piperidine rings is 1. The fourth-order valence-corrected chi connectivity index (χ4v) is 3.68. The van der Waals surface area contributed by atoms with Crippen LogP contribution in [0.3, 0.4) is 0 Å². The molecule has 0 aliphatic carbocycles. The van der Waals surface area contributed by atoms with Gasteiger partial charge in [-0.3, -0.25) is 14.6 Å². The van der Waals surface area contributed by atoms with E-state index in [2.05, 4.69) is 4.98 Å². The summed E-state index contributed by atoms with van der Waals surface area (Å²) in [4.78, 5) is 32.2. The largest absolute Gasteiger partial charge is 0.336 e. The maximum atomic E-state index is 12.4. The van der Waals surface area contributed by atoms with Crippen LogP contribution in [0, 0.1) is 0 Å². The van der Waals surface area contributed by atoms with Crippen LogP contribution in [-0.4, -0.2) is 45.2 Å². The molecule has 1 spiro atoms. The van der Waals surface area contributed by atoms with E-state index in [9.17, 15) is 9.59 Å². The van der Waals surface area contributed by atoms with Crippen LogP contribution < -0.4 is 0 Å². The highest BCUT2D eigenvalue weighted by atomic mass is 16.2. The van der Waals surface area contributed by atoms with Crippen molar-refractivity contribution in [2.45, 2.75) is 44.7 Å². The molecule has 3 rings (SSSR count). The Hall–Kier alpha value is -1.91. The van der Waals surface area contributed by atoms with E-state index in [1.807, 2.05) is 21.9 Å². The summed E-state index contributed by atoms with van der Waals surface area (Å²) in [5.74, 6) is 0.234. The third kappa shape index (κ3) is 2.64. The number of carbonyl (C=O) groups is 2. The lowest BCUT2D eigenvalue weighted by atomic mass is 9.85. The first-order valence-electron chi connectivity index (χ1n) is 7.56. The van der Waals surface area contributed by atoms with Crippen molar-refractivity contribution in [1.82, 2.24) is 14.8 Å². The summed E-state index contributed by atoms with van der Waals surface area (Å²) in [7, 11) is 0. The van der Waals surface area contributed by atoms with Gasteiger partial charge in [0.1, 0.15) is 0 Å². The molecule has 5 heteroatoms. The Morgan fingerprint density at radius 2 is 2.29 bits per heavy atom. The van der Waals surface area contributed by atoms with Gasteiger partial charge < -0.3 is 9.80 Å². The standard InChI is InChI=1S/C16H21N3O2/c1-13(20)19-8-3-2-6-16(19)9-15(21)18(12-16)11-14-5-4-7-17-10-14/h4-5,7,10H,2-3,6,8-9,11-12H2,1H3. The van der Waals surface area contributed by atoms with Crippen molar-refractivity contribution < 1.29 is 9.59 Å². The second-order valence-corrected chi connectivity index (χ2v) is 6.14. The average Bonchev–Trinajstić information content (AvgIpc) is 2.76. The maximum Gasteiger partial charge on any atom is 0.225 e. The summed E-state index contributed by atoms with van der Waals surface area (Å²) in [6, 6.07) is 3.86. The smallest absolute Gasteiger partial charge is 0.225 e. The Morgan fingerprint density at radius 3 is 3.00 bits per heavy atom. The summed E-state index contributed by atoms with van der Waals surface area (Å²) in [5.41, 5.74) is 0.761. The lowest BCUT2D eigenvalue weighted by molar-refractivity contribution is -0.137. The lowest BCUT2D eigenvalue weighted by Gasteiger charge is -2.44. The Balaban J connectivity index is 1.78. The molecule has 2 amide bonds. The first-order valence-corrected chi connectivity index (χ1v) is 7.56. The summed E-state index contributed by atoms with van der Waals surface area (Å²) in [6.45, 7) is 3.63. The zero-order valence-corrected chi connectivity index (χ0v) is 12.4. The van der Waals surface area contributed by atoms with Crippen LogP contribution >= 0.6 is 0 Å². The monoisotopic (exact) mass is 287 g/mol. The van der Waals surface area contributed by atoms with Crippen molar-refractivity contribution in [2.75, 3.05) is 13.1 Å². The summed E-state index contributed by atoms with van der Waals surface area (Å²) in [6.07, 6.45) is 7.06. The number of nitrogens with zero attached hydrogens (tertiary/aromatic N) is 3. The van der Waals surface area contributed by atoms with E-state index in [-0.39, 0.29) is 17.4 Å². The van der Waals surface area contributed by atoms with Crippen molar-refractivity contribution in [3.8, 4) is 0 Å². The molecule has 0 radical (unpaired) electrons. The quantitative estimate of drug-likeness (QED) is 0.830. The highest BCUT2D eigenvalue weighted by molar-refractivity contribution is 5.83. The molecule has 0 N–H and O–H groups in total. The first-order chi connectivity index (χ1) is 10.1. The molecule has 1 atom stereocenters. The topological polar surface area (TPSA) is 53.5 Å². The molecule has 2 saturated heterocycles. The number of likely N-dealkylation sites (tertiary alicyclic amines) is 2. The second kappa shape index (κ2) is 5.47. The molecular formula is C16H21N3O2. The summed E-state index contributed by atoms with van der Waals surface area (Å²) < 4.78 is 0. The number of hydrogen-bond acceptors (Lipinski definition) is 3. The average molecular weight is 287 g/mol. The van der Waals surface area contributed by atoms with Crippen LogP contribution in [0.2, 0.25) is 0 Å². The predicted octanol–water partition coefficient (Wildman–Crippen LogP) is 1.59. The predicted molar refractivity (Wildman–Crippen MR) is 78.2 cm³/mol. The van der Waals surface area contributed by atoms with Crippen molar-refractivity contribution in [1.29, 1.82) is 0 Å². The van der Waals surface area contributed by atoms with Crippen LogP contribution in [0.25, 0.3) is 0 Å². The molecule has 0 bridgehead atoms. The molecule has 1 unspecified atom stereocenters. The fraction of sp³-hybridized carbons (Fsp3) is 0.562. The zero-order valence-electron chi connectivity index (χ0n) is 12.4. The Labute approximate surface area is 124 Å². The minimum atomic E-state index is -0.274. The summed E-state index contributed by atoms with van der Waals surface area (Å²) >= 11 is 0. The van der Waals surface area contributed by atoms with Gasteiger partial charge in [0.15, 0.2) is 0 Å². The minimum absolute atomic E-state index is 0.0886. The lowest BCUT2D eigenvalue weighted by Crippen LogP contribution is -2.55. The highest BCUT2D eigenvalue weighted by Crippen LogP contribution is 2.37. The molecule has 2 aliphatic rings. The van der Waals surface area contributed by atoms with Gasteiger partial charge in [-0.25, -0.2) is 0 Å². The van der Waals surface area contributed by atoms with Crippen LogP contribution in [-0.2, 0) is 16.1 Å². The van der Waals surface area contributed by atoms with Crippen LogP contribution in [0.5, 0.6) is 0 Å². The van der Waals surface area contributed by atoms with Crippen LogP contribution in [0.1, 0.15) is 38.2 Å². The van der Waals surface area contributed by atoms with E-state index >= 15 is 0 Å². The van der Waals surface area contributed by atoms with E-state index in [1.165, 1.54) is 0 Å². The Kier molecular flexibility index (Phi) is 3.66. The molecular weight excluding hydrogens is 266 g/mol. The van der Waals surface area contributed by atoms with Crippen LogP contribution in [0.15, 0.2) is 24.5 Å². The van der Waals surface area contributed by atoms with E-state index in [0.29, 0.717) is 19.5 Å². The normalized spacial score (nSPS) is 25.7. The summed E-state index contributed by atoms with van der Waals surface area (Å²) in [5, 5.41) is 0.